The van der Waals surface area contributed by atoms with Crippen LogP contribution in [0.4, 0.5) is 0 Å². The van der Waals surface area contributed by atoms with Crippen molar-refractivity contribution in [1.82, 2.24) is 15.5 Å². The Morgan fingerprint density at radius 3 is 2.83 bits per heavy atom. The predicted molar refractivity (Wildman–Crippen MR) is 116 cm³/mol. The van der Waals surface area contributed by atoms with Crippen molar-refractivity contribution in [3.8, 4) is 0 Å². The number of likely N-dealkylation sites (tertiary alicyclic amines) is 1. The molecule has 2 rings (SSSR count). The van der Waals surface area contributed by atoms with Gasteiger partial charge >= 0.3 is 186 Å². The van der Waals surface area contributed by atoms with Gasteiger partial charge in [-0.15, -0.1) is 0 Å². The molecule has 164 valence electrons. The van der Waals surface area contributed by atoms with E-state index in [1.807, 2.05) is 43.5 Å². The summed E-state index contributed by atoms with van der Waals surface area (Å²) in [6.07, 6.45) is 6.76. The van der Waals surface area contributed by atoms with Gasteiger partial charge in [-0.25, -0.2) is 0 Å². The van der Waals surface area contributed by atoms with Crippen LogP contribution >= 0.6 is 0 Å². The van der Waals surface area contributed by atoms with Gasteiger partial charge in [-0.1, -0.05) is 0 Å². The fourth-order valence-electron chi connectivity index (χ4n) is 3.45. The second-order valence-corrected chi connectivity index (χ2v) is 10.2. The van der Waals surface area contributed by atoms with E-state index in [9.17, 15) is 5.11 Å². The van der Waals surface area contributed by atoms with Crippen LogP contribution in [0.5, 0.6) is 0 Å². The Kier molecular flexibility index (Phi) is 11.0. The van der Waals surface area contributed by atoms with Crippen molar-refractivity contribution in [3.05, 3.63) is 49.8 Å². The van der Waals surface area contributed by atoms with Crippen molar-refractivity contribution < 1.29 is 32.0 Å². The molecule has 1 aromatic carbocycles. The summed E-state index contributed by atoms with van der Waals surface area (Å²) in [4.78, 5) is 2.58. The van der Waals surface area contributed by atoms with Gasteiger partial charge in [0.25, 0.3) is 0 Å². The van der Waals surface area contributed by atoms with Crippen molar-refractivity contribution >= 4 is 5.76 Å². The number of hydrogen-bond acceptors (Lipinski definition) is 5. The Bertz CT molecular complexity index is 650. The van der Waals surface area contributed by atoms with E-state index in [-0.39, 0.29) is 12.3 Å². The molecular weight excluding hydrogens is 477 g/mol. The molecule has 1 aliphatic rings. The van der Waals surface area contributed by atoms with E-state index < -0.39 is 21.2 Å². The molecule has 3 unspecified atom stereocenters. The van der Waals surface area contributed by atoms with E-state index in [4.69, 9.17) is 5.73 Å². The number of nitrogens with zero attached hydrogens (tertiary/aromatic N) is 1. The summed E-state index contributed by atoms with van der Waals surface area (Å²) < 4.78 is 3.11. The Hall–Kier alpha value is -1.13. The molecule has 1 aromatic rings. The first-order valence-electron chi connectivity index (χ1n) is 10.6. The van der Waals surface area contributed by atoms with Gasteiger partial charge in [0.15, 0.2) is 0 Å². The summed E-state index contributed by atoms with van der Waals surface area (Å²) in [7, 11) is 0. The third-order valence-corrected chi connectivity index (χ3v) is 8.12. The molecule has 0 radical (unpaired) electrons. The molecule has 0 aromatic heterocycles. The number of nitrogens with one attached hydrogen (secondary N) is 2. The van der Waals surface area contributed by atoms with Crippen molar-refractivity contribution in [2.45, 2.75) is 57.9 Å². The SMILES string of the molecule is CC([NH3+])C([I-]C=CNC(N)NCCCN1CCCCC1C)=C(O)c1ccccc1. The third-order valence-electron chi connectivity index (χ3n) is 5.15. The topological polar surface area (TPSA) is 101 Å². The number of nitrogens with two attached hydrogens (primary N) is 1. The van der Waals surface area contributed by atoms with Gasteiger partial charge in [0.05, 0.1) is 0 Å². The predicted octanol–water partition coefficient (Wildman–Crippen LogP) is -1.21. The molecule has 6 nitrogen and oxygen atoms in total. The van der Waals surface area contributed by atoms with Crippen LogP contribution in [-0.4, -0.2) is 48.0 Å². The van der Waals surface area contributed by atoms with E-state index >= 15 is 0 Å². The first-order chi connectivity index (χ1) is 14.0. The number of piperidine rings is 1. The second kappa shape index (κ2) is 13.2. The quantitative estimate of drug-likeness (QED) is 0.110. The third kappa shape index (κ3) is 8.64. The van der Waals surface area contributed by atoms with Crippen LogP contribution < -0.4 is 43.3 Å². The summed E-state index contributed by atoms with van der Waals surface area (Å²) >= 11 is -0.477. The zero-order valence-electron chi connectivity index (χ0n) is 17.8. The monoisotopic (exact) mass is 515 g/mol. The van der Waals surface area contributed by atoms with Crippen molar-refractivity contribution in [2.75, 3.05) is 19.6 Å². The zero-order valence-corrected chi connectivity index (χ0v) is 19.9. The van der Waals surface area contributed by atoms with E-state index in [1.54, 1.807) is 0 Å². The van der Waals surface area contributed by atoms with E-state index in [0.717, 1.165) is 28.7 Å². The molecule has 0 bridgehead atoms. The summed E-state index contributed by atoms with van der Waals surface area (Å²) in [5.74, 6) is 0.361. The van der Waals surface area contributed by atoms with E-state index in [0.29, 0.717) is 11.8 Å². The molecule has 0 amide bonds. The molecule has 8 N–H and O–H groups in total. The molecule has 1 fully saturated rings. The van der Waals surface area contributed by atoms with Gasteiger partial charge in [0.2, 0.25) is 0 Å². The van der Waals surface area contributed by atoms with Gasteiger partial charge in [0.1, 0.15) is 0 Å². The Balaban J connectivity index is 1.71. The summed E-state index contributed by atoms with van der Waals surface area (Å²) in [6.45, 7) is 7.62. The Labute approximate surface area is 186 Å². The van der Waals surface area contributed by atoms with Crippen LogP contribution in [0.15, 0.2) is 44.2 Å². The van der Waals surface area contributed by atoms with Crippen LogP contribution in [0.1, 0.15) is 45.1 Å². The zero-order chi connectivity index (χ0) is 21.1. The van der Waals surface area contributed by atoms with Crippen molar-refractivity contribution in [2.24, 2.45) is 5.73 Å². The Morgan fingerprint density at radius 1 is 1.38 bits per heavy atom. The van der Waals surface area contributed by atoms with Crippen molar-refractivity contribution in [3.63, 3.8) is 0 Å². The molecule has 29 heavy (non-hydrogen) atoms. The van der Waals surface area contributed by atoms with Crippen LogP contribution in [0, 0.1) is 0 Å². The molecule has 1 heterocycles. The number of quaternary nitrogens is 1. The minimum atomic E-state index is -0.477. The van der Waals surface area contributed by atoms with Gasteiger partial charge in [-0.2, -0.15) is 0 Å². The Morgan fingerprint density at radius 2 is 2.14 bits per heavy atom. The standard InChI is InChI=1S/C22H37IN5O/c1-17-9-6-7-15-28(17)16-8-13-26-22(25)27-14-12-23-20(18(2)24)21(29)19-10-4-3-5-11-19/h3-5,10-12,14,17-18,22,26-27,29H,6-9,13,15-16,24-25H2,1-2H3/q-1/p+1. The average Bonchev–Trinajstić information content (AvgIpc) is 2.72. The van der Waals surface area contributed by atoms with Crippen molar-refractivity contribution in [1.29, 1.82) is 0 Å². The molecular formula is C22H38IN5O. The van der Waals surface area contributed by atoms with Crippen LogP contribution in [0.3, 0.4) is 0 Å². The van der Waals surface area contributed by atoms with Gasteiger partial charge in [-0.05, 0) is 0 Å². The average molecular weight is 515 g/mol. The number of aliphatic hydroxyl groups excluding tert-OH is 1. The number of aliphatic hydroxyl groups is 1. The summed E-state index contributed by atoms with van der Waals surface area (Å²) in [5, 5.41) is 17.1. The van der Waals surface area contributed by atoms with E-state index in [2.05, 4.69) is 32.3 Å². The maximum atomic E-state index is 10.6. The van der Waals surface area contributed by atoms with Crippen LogP contribution in [0.2, 0.25) is 0 Å². The molecule has 0 saturated carbocycles. The molecule has 7 heteroatoms. The number of halogens is 1. The van der Waals surface area contributed by atoms with Crippen LogP contribution in [-0.2, 0) is 0 Å². The summed E-state index contributed by atoms with van der Waals surface area (Å²) in [5.41, 5.74) is 11.1. The van der Waals surface area contributed by atoms with Gasteiger partial charge in [-0.3, -0.25) is 0 Å². The van der Waals surface area contributed by atoms with Crippen LogP contribution in [0.25, 0.3) is 5.76 Å². The second-order valence-electron chi connectivity index (χ2n) is 7.70. The molecule has 0 spiro atoms. The normalized spacial score (nSPS) is 21.2. The van der Waals surface area contributed by atoms with E-state index in [1.165, 1.54) is 25.8 Å². The van der Waals surface area contributed by atoms with Gasteiger partial charge < -0.3 is 0 Å². The first-order valence-corrected chi connectivity index (χ1v) is 12.9. The fourth-order valence-corrected chi connectivity index (χ4v) is 5.45. The number of rotatable bonds is 11. The molecule has 1 saturated heterocycles. The number of hydrogen-bond donors (Lipinski definition) is 5. The maximum absolute atomic E-state index is 10.6. The molecule has 1 aliphatic heterocycles. The fraction of sp³-hybridized carbons (Fsp3) is 0.545. The first kappa shape index (κ1) is 24.1. The molecule has 3 atom stereocenters. The minimum absolute atomic E-state index is 0.0663. The number of benzene rings is 1. The van der Waals surface area contributed by atoms with Gasteiger partial charge in [0, 0.05) is 0 Å². The summed E-state index contributed by atoms with van der Waals surface area (Å²) in [6, 6.07) is 10.4. The molecule has 0 aliphatic carbocycles.